The number of halogens is 5. The molecule has 0 amide bonds. The highest BCUT2D eigenvalue weighted by Gasteiger charge is 2.30. The molecule has 1 heterocycles. The minimum atomic E-state index is -4.39. The van der Waals surface area contributed by atoms with Crippen molar-refractivity contribution in [1.29, 1.82) is 0 Å². The number of rotatable bonds is 6. The second-order valence-corrected chi connectivity index (χ2v) is 9.50. The molecule has 0 spiro atoms. The van der Waals surface area contributed by atoms with Crippen LogP contribution in [0, 0.1) is 0 Å². The Morgan fingerprint density at radius 3 is 2.00 bits per heavy atom. The van der Waals surface area contributed by atoms with Crippen LogP contribution in [-0.2, 0) is 12.7 Å². The van der Waals surface area contributed by atoms with Gasteiger partial charge in [-0.15, -0.1) is 0 Å². The Hall–Kier alpha value is -3.61. The Bertz CT molecular complexity index is 1490. The second kappa shape index (κ2) is 10.4. The molecule has 0 unspecified atom stereocenters. The first-order chi connectivity index (χ1) is 17.8. The van der Waals surface area contributed by atoms with E-state index in [1.807, 2.05) is 66.7 Å². The number of fused-ring (bicyclic) bond motifs is 1. The van der Waals surface area contributed by atoms with E-state index in [-0.39, 0.29) is 12.5 Å². The summed E-state index contributed by atoms with van der Waals surface area (Å²) in [6.45, 7) is 0.201. The van der Waals surface area contributed by atoms with Crippen molar-refractivity contribution in [2.45, 2.75) is 18.6 Å². The molecule has 5 aromatic rings. The average Bonchev–Trinajstić information content (AvgIpc) is 2.89. The normalized spacial score (nSPS) is 11.7. The van der Waals surface area contributed by atoms with Gasteiger partial charge in [-0.05, 0) is 70.8 Å². The largest absolute Gasteiger partial charge is 0.416 e. The minimum absolute atomic E-state index is 0.108. The van der Waals surface area contributed by atoms with Crippen LogP contribution in [0.15, 0.2) is 97.2 Å². The maximum Gasteiger partial charge on any atom is 0.416 e. The van der Waals surface area contributed by atoms with Crippen LogP contribution in [0.3, 0.4) is 0 Å². The van der Waals surface area contributed by atoms with Gasteiger partial charge in [-0.25, -0.2) is 0 Å². The molecule has 8 heteroatoms. The third-order valence-corrected chi connectivity index (χ3v) is 6.64. The van der Waals surface area contributed by atoms with Crippen LogP contribution in [0.2, 0.25) is 10.0 Å². The van der Waals surface area contributed by atoms with E-state index < -0.39 is 11.7 Å². The lowest BCUT2D eigenvalue weighted by Gasteiger charge is -2.20. The fourth-order valence-electron chi connectivity index (χ4n) is 4.34. The van der Waals surface area contributed by atoms with Gasteiger partial charge in [-0.3, -0.25) is 0 Å². The quantitative estimate of drug-likeness (QED) is 0.220. The van der Waals surface area contributed by atoms with Gasteiger partial charge in [0.15, 0.2) is 0 Å². The summed E-state index contributed by atoms with van der Waals surface area (Å²) >= 11 is 12.3. The van der Waals surface area contributed by atoms with E-state index in [1.165, 1.54) is 6.07 Å². The van der Waals surface area contributed by atoms with Gasteiger partial charge in [0.2, 0.25) is 0 Å². The van der Waals surface area contributed by atoms with E-state index in [9.17, 15) is 13.2 Å². The zero-order chi connectivity index (χ0) is 26.0. The number of alkyl halides is 3. The molecule has 0 aliphatic carbocycles. The van der Waals surface area contributed by atoms with Crippen LogP contribution in [0.5, 0.6) is 0 Å². The highest BCUT2D eigenvalue weighted by molar-refractivity contribution is 6.30. The van der Waals surface area contributed by atoms with Crippen LogP contribution in [0.1, 0.15) is 33.7 Å². The maximum absolute atomic E-state index is 13.1. The summed E-state index contributed by atoms with van der Waals surface area (Å²) in [5.74, 6) is -0.108. The molecule has 37 heavy (non-hydrogen) atoms. The number of anilines is 1. The SMILES string of the molecule is FC(F)(F)c1cccc(CNc2cnnc3ccc(C(c4ccc(Cl)cc4)c4ccc(Cl)cc4)cc23)c1. The number of nitrogens with zero attached hydrogens (tertiary/aromatic N) is 2. The van der Waals surface area contributed by atoms with Crippen LogP contribution in [0.25, 0.3) is 10.9 Å². The highest BCUT2D eigenvalue weighted by atomic mass is 35.5. The predicted molar refractivity (Wildman–Crippen MR) is 142 cm³/mol. The van der Waals surface area contributed by atoms with Gasteiger partial charge in [0.1, 0.15) is 0 Å². The fourth-order valence-corrected chi connectivity index (χ4v) is 4.59. The van der Waals surface area contributed by atoms with E-state index in [2.05, 4.69) is 15.5 Å². The predicted octanol–water partition coefficient (Wildman–Crippen LogP) is 8.75. The number of hydrogen-bond donors (Lipinski definition) is 1. The van der Waals surface area contributed by atoms with Crippen molar-refractivity contribution in [3.8, 4) is 0 Å². The molecular formula is C29H20Cl2F3N3. The molecule has 0 atom stereocenters. The summed E-state index contributed by atoms with van der Waals surface area (Å²) in [7, 11) is 0. The van der Waals surface area contributed by atoms with Crippen molar-refractivity contribution < 1.29 is 13.2 Å². The van der Waals surface area contributed by atoms with Crippen LogP contribution in [0.4, 0.5) is 18.9 Å². The molecule has 1 N–H and O–H groups in total. The van der Waals surface area contributed by atoms with Gasteiger partial charge < -0.3 is 5.32 Å². The van der Waals surface area contributed by atoms with Gasteiger partial charge in [-0.1, -0.05) is 65.7 Å². The molecule has 0 fully saturated rings. The fraction of sp³-hybridized carbons (Fsp3) is 0.103. The molecule has 0 aliphatic heterocycles. The van der Waals surface area contributed by atoms with Crippen LogP contribution in [-0.4, -0.2) is 10.2 Å². The highest BCUT2D eigenvalue weighted by Crippen LogP contribution is 2.36. The van der Waals surface area contributed by atoms with Crippen LogP contribution >= 0.6 is 23.2 Å². The third-order valence-electron chi connectivity index (χ3n) is 6.14. The number of nitrogens with one attached hydrogen (secondary N) is 1. The summed E-state index contributed by atoms with van der Waals surface area (Å²) in [4.78, 5) is 0. The van der Waals surface area contributed by atoms with Gasteiger partial charge in [0.05, 0.1) is 23.0 Å². The Labute approximate surface area is 221 Å². The number of aromatic nitrogens is 2. The average molecular weight is 538 g/mol. The molecule has 186 valence electrons. The molecule has 3 nitrogen and oxygen atoms in total. The monoisotopic (exact) mass is 537 g/mol. The molecule has 0 radical (unpaired) electrons. The van der Waals surface area contributed by atoms with E-state index in [4.69, 9.17) is 23.2 Å². The summed E-state index contributed by atoms with van der Waals surface area (Å²) in [5, 5.41) is 13.7. The second-order valence-electron chi connectivity index (χ2n) is 8.62. The van der Waals surface area contributed by atoms with Crippen molar-refractivity contribution >= 4 is 39.8 Å². The zero-order valence-electron chi connectivity index (χ0n) is 19.3. The van der Waals surface area contributed by atoms with Gasteiger partial charge in [-0.2, -0.15) is 23.4 Å². The molecule has 4 aromatic carbocycles. The van der Waals surface area contributed by atoms with E-state index >= 15 is 0 Å². The summed E-state index contributed by atoms with van der Waals surface area (Å²) in [6, 6.07) is 26.6. The van der Waals surface area contributed by atoms with Crippen molar-refractivity contribution in [2.24, 2.45) is 0 Å². The third kappa shape index (κ3) is 5.71. The molecule has 0 aliphatic rings. The van der Waals surface area contributed by atoms with Gasteiger partial charge in [0, 0.05) is 27.9 Å². The summed E-state index contributed by atoms with van der Waals surface area (Å²) < 4.78 is 39.4. The molecule has 0 saturated heterocycles. The lowest BCUT2D eigenvalue weighted by Crippen LogP contribution is -2.07. The van der Waals surface area contributed by atoms with E-state index in [0.29, 0.717) is 26.8 Å². The first-order valence-corrected chi connectivity index (χ1v) is 12.2. The maximum atomic E-state index is 13.1. The standard InChI is InChI=1S/C29H20Cl2F3N3/c30-23-9-4-19(5-10-23)28(20-6-11-24(31)12-7-20)21-8-13-26-25(15-21)27(17-36-37-26)35-16-18-2-1-3-22(14-18)29(32,33)34/h1-15,17,28H,16H2,(H,35,37). The summed E-state index contributed by atoms with van der Waals surface area (Å²) in [5.41, 5.74) is 4.28. The zero-order valence-corrected chi connectivity index (χ0v) is 20.8. The topological polar surface area (TPSA) is 37.8 Å². The van der Waals surface area contributed by atoms with Gasteiger partial charge in [0.25, 0.3) is 0 Å². The molecule has 0 saturated carbocycles. The Balaban J connectivity index is 1.53. The molecule has 0 bridgehead atoms. The van der Waals surface area contributed by atoms with Gasteiger partial charge >= 0.3 is 6.18 Å². The van der Waals surface area contributed by atoms with Crippen molar-refractivity contribution in [2.75, 3.05) is 5.32 Å². The van der Waals surface area contributed by atoms with Crippen molar-refractivity contribution in [3.05, 3.63) is 135 Å². The first kappa shape index (κ1) is 25.1. The van der Waals surface area contributed by atoms with Crippen LogP contribution < -0.4 is 5.32 Å². The minimum Gasteiger partial charge on any atom is -0.379 e. The number of benzene rings is 4. The Kier molecular flexibility index (Phi) is 7.04. The van der Waals surface area contributed by atoms with Crippen molar-refractivity contribution in [3.63, 3.8) is 0 Å². The smallest absolute Gasteiger partial charge is 0.379 e. The van der Waals surface area contributed by atoms with Crippen molar-refractivity contribution in [1.82, 2.24) is 10.2 Å². The number of hydrogen-bond acceptors (Lipinski definition) is 3. The summed E-state index contributed by atoms with van der Waals surface area (Å²) in [6.07, 6.45) is -2.81. The van der Waals surface area contributed by atoms with E-state index in [0.717, 1.165) is 34.2 Å². The molecular weight excluding hydrogens is 518 g/mol. The molecule has 1 aromatic heterocycles. The lowest BCUT2D eigenvalue weighted by atomic mass is 9.84. The Morgan fingerprint density at radius 1 is 0.757 bits per heavy atom. The van der Waals surface area contributed by atoms with E-state index in [1.54, 1.807) is 12.3 Å². The lowest BCUT2D eigenvalue weighted by molar-refractivity contribution is -0.137. The molecule has 5 rings (SSSR count). The Morgan fingerprint density at radius 2 is 1.38 bits per heavy atom. The first-order valence-electron chi connectivity index (χ1n) is 11.4.